The number of hydrogen-bond acceptors (Lipinski definition) is 3. The van der Waals surface area contributed by atoms with Gasteiger partial charge in [-0.15, -0.1) is 0 Å². The third-order valence-electron chi connectivity index (χ3n) is 7.46. The highest BCUT2D eigenvalue weighted by atomic mass is 16.4. The molecule has 152 valence electrons. The summed E-state index contributed by atoms with van der Waals surface area (Å²) in [5, 5.41) is 12.4. The Morgan fingerprint density at radius 3 is 2.33 bits per heavy atom. The van der Waals surface area contributed by atoms with Gasteiger partial charge in [-0.2, -0.15) is 0 Å². The van der Waals surface area contributed by atoms with E-state index in [0.717, 1.165) is 55.6 Å². The van der Waals surface area contributed by atoms with Gasteiger partial charge in [-0.25, -0.2) is 4.98 Å². The minimum atomic E-state index is 0.652. The van der Waals surface area contributed by atoms with Crippen molar-refractivity contribution in [2.45, 2.75) is 97.9 Å². The van der Waals surface area contributed by atoms with Crippen LogP contribution in [0.5, 0.6) is 0 Å². The molecule has 2 aliphatic rings. The molecule has 1 N–H and O–H groups in total. The minimum Gasteiger partial charge on any atom is -0.411 e. The number of aryl methyl sites for hydroxylation is 1. The highest BCUT2D eigenvalue weighted by Gasteiger charge is 2.28. The van der Waals surface area contributed by atoms with Crippen LogP contribution in [0.3, 0.4) is 0 Å². The predicted molar refractivity (Wildman–Crippen MR) is 111 cm³/mol. The molecule has 3 rings (SSSR count). The standard InChI is InChI=1S/C23H39N3O/c1-5-18(20-6-10-21(25-27)11-7-20)14-22-15-26(17(4)24-22)23-12-8-19(9-13-23)16(2)3/h15-16,18-20,23,27H,5-14H2,1-4H3. The summed E-state index contributed by atoms with van der Waals surface area (Å²) in [7, 11) is 0. The van der Waals surface area contributed by atoms with Crippen molar-refractivity contribution in [2.24, 2.45) is 28.8 Å². The van der Waals surface area contributed by atoms with Crippen LogP contribution >= 0.6 is 0 Å². The first-order chi connectivity index (χ1) is 13.0. The van der Waals surface area contributed by atoms with Gasteiger partial charge >= 0.3 is 0 Å². The van der Waals surface area contributed by atoms with Crippen LogP contribution in [-0.4, -0.2) is 20.5 Å². The topological polar surface area (TPSA) is 50.4 Å². The SMILES string of the molecule is CCC(Cc1cn(C2CCC(C(C)C)CC2)c(C)n1)C1CCC(=NO)CC1. The van der Waals surface area contributed by atoms with Crippen molar-refractivity contribution in [3.8, 4) is 0 Å². The Bertz CT molecular complexity index is 616. The fraction of sp³-hybridized carbons (Fsp3) is 0.826. The van der Waals surface area contributed by atoms with Gasteiger partial charge in [0.2, 0.25) is 0 Å². The van der Waals surface area contributed by atoms with E-state index in [-0.39, 0.29) is 0 Å². The van der Waals surface area contributed by atoms with E-state index in [1.807, 2.05) is 0 Å². The average Bonchev–Trinajstić information content (AvgIpc) is 3.06. The van der Waals surface area contributed by atoms with Crippen molar-refractivity contribution in [3.05, 3.63) is 17.7 Å². The number of hydrogen-bond donors (Lipinski definition) is 1. The summed E-state index contributed by atoms with van der Waals surface area (Å²) in [6, 6.07) is 0.652. The molecular formula is C23H39N3O. The lowest BCUT2D eigenvalue weighted by Crippen LogP contribution is -2.23. The third-order valence-corrected chi connectivity index (χ3v) is 7.46. The van der Waals surface area contributed by atoms with E-state index in [0.29, 0.717) is 12.0 Å². The van der Waals surface area contributed by atoms with Crippen LogP contribution in [0.4, 0.5) is 0 Å². The zero-order chi connectivity index (χ0) is 19.4. The highest BCUT2D eigenvalue weighted by molar-refractivity contribution is 5.84. The number of imidazole rings is 1. The van der Waals surface area contributed by atoms with E-state index in [1.54, 1.807) is 0 Å². The van der Waals surface area contributed by atoms with Crippen LogP contribution in [-0.2, 0) is 6.42 Å². The molecule has 1 heterocycles. The zero-order valence-corrected chi connectivity index (χ0v) is 17.8. The first kappa shape index (κ1) is 20.4. The molecule has 1 atom stereocenters. The van der Waals surface area contributed by atoms with E-state index < -0.39 is 0 Å². The van der Waals surface area contributed by atoms with Crippen LogP contribution < -0.4 is 0 Å². The van der Waals surface area contributed by atoms with E-state index in [9.17, 15) is 0 Å². The molecule has 1 aromatic rings. The number of oxime groups is 1. The Morgan fingerprint density at radius 1 is 1.11 bits per heavy atom. The maximum atomic E-state index is 8.99. The van der Waals surface area contributed by atoms with E-state index in [1.165, 1.54) is 43.6 Å². The van der Waals surface area contributed by atoms with Crippen LogP contribution in [0.2, 0.25) is 0 Å². The lowest BCUT2D eigenvalue weighted by molar-refractivity contribution is 0.224. The first-order valence-electron chi connectivity index (χ1n) is 11.3. The number of aromatic nitrogens is 2. The minimum absolute atomic E-state index is 0.652. The van der Waals surface area contributed by atoms with Crippen LogP contribution in [0.15, 0.2) is 11.4 Å². The summed E-state index contributed by atoms with van der Waals surface area (Å²) < 4.78 is 2.48. The van der Waals surface area contributed by atoms with Gasteiger partial charge in [0.15, 0.2) is 0 Å². The van der Waals surface area contributed by atoms with Crippen molar-refractivity contribution in [1.82, 2.24) is 9.55 Å². The maximum Gasteiger partial charge on any atom is 0.106 e. The quantitative estimate of drug-likeness (QED) is 0.479. The van der Waals surface area contributed by atoms with E-state index >= 15 is 0 Å². The van der Waals surface area contributed by atoms with Gasteiger partial charge in [0.25, 0.3) is 0 Å². The Kier molecular flexibility index (Phi) is 6.99. The normalized spacial score (nSPS) is 27.7. The molecule has 1 aromatic heterocycles. The largest absolute Gasteiger partial charge is 0.411 e. The Labute approximate surface area is 165 Å². The van der Waals surface area contributed by atoms with Crippen molar-refractivity contribution in [1.29, 1.82) is 0 Å². The second kappa shape index (κ2) is 9.25. The summed E-state index contributed by atoms with van der Waals surface area (Å²) in [5.74, 6) is 4.37. The van der Waals surface area contributed by atoms with Gasteiger partial charge < -0.3 is 9.77 Å². The summed E-state index contributed by atoms with van der Waals surface area (Å²) in [6.07, 6.45) is 14.3. The van der Waals surface area contributed by atoms with Gasteiger partial charge in [0.1, 0.15) is 5.82 Å². The van der Waals surface area contributed by atoms with E-state index in [4.69, 9.17) is 10.2 Å². The molecule has 0 aromatic carbocycles. The van der Waals surface area contributed by atoms with Gasteiger partial charge in [0.05, 0.1) is 11.4 Å². The van der Waals surface area contributed by atoms with Gasteiger partial charge in [-0.3, -0.25) is 0 Å². The van der Waals surface area contributed by atoms with Gasteiger partial charge in [0, 0.05) is 12.2 Å². The monoisotopic (exact) mass is 373 g/mol. The number of nitrogens with zero attached hydrogens (tertiary/aromatic N) is 3. The second-order valence-corrected chi connectivity index (χ2v) is 9.38. The molecule has 2 fully saturated rings. The average molecular weight is 374 g/mol. The molecule has 27 heavy (non-hydrogen) atoms. The summed E-state index contributed by atoms with van der Waals surface area (Å²) in [6.45, 7) is 9.25. The van der Waals surface area contributed by atoms with Gasteiger partial charge in [-0.05, 0) is 88.4 Å². The van der Waals surface area contributed by atoms with Gasteiger partial charge in [-0.1, -0.05) is 32.3 Å². The lowest BCUT2D eigenvalue weighted by Gasteiger charge is -2.32. The molecule has 2 aliphatic carbocycles. The Balaban J connectivity index is 1.60. The zero-order valence-electron chi connectivity index (χ0n) is 17.8. The molecule has 0 bridgehead atoms. The molecule has 0 saturated heterocycles. The number of rotatable bonds is 6. The van der Waals surface area contributed by atoms with Crippen molar-refractivity contribution in [3.63, 3.8) is 0 Å². The molecule has 4 nitrogen and oxygen atoms in total. The van der Waals surface area contributed by atoms with Crippen molar-refractivity contribution < 1.29 is 5.21 Å². The van der Waals surface area contributed by atoms with Crippen LogP contribution in [0.25, 0.3) is 0 Å². The predicted octanol–water partition coefficient (Wildman–Crippen LogP) is 6.17. The van der Waals surface area contributed by atoms with Crippen molar-refractivity contribution in [2.75, 3.05) is 0 Å². The van der Waals surface area contributed by atoms with Crippen LogP contribution in [0, 0.1) is 30.6 Å². The first-order valence-corrected chi connectivity index (χ1v) is 11.3. The molecule has 4 heteroatoms. The van der Waals surface area contributed by atoms with Crippen LogP contribution in [0.1, 0.15) is 96.1 Å². The lowest BCUT2D eigenvalue weighted by atomic mass is 9.76. The maximum absolute atomic E-state index is 8.99. The van der Waals surface area contributed by atoms with Crippen molar-refractivity contribution >= 4 is 5.71 Å². The Hall–Kier alpha value is -1.32. The Morgan fingerprint density at radius 2 is 1.78 bits per heavy atom. The molecule has 1 unspecified atom stereocenters. The summed E-state index contributed by atoms with van der Waals surface area (Å²) in [5.41, 5.74) is 2.27. The second-order valence-electron chi connectivity index (χ2n) is 9.38. The molecular weight excluding hydrogens is 334 g/mol. The van der Waals surface area contributed by atoms with E-state index in [2.05, 4.69) is 43.6 Å². The molecule has 0 amide bonds. The smallest absolute Gasteiger partial charge is 0.106 e. The molecule has 2 saturated carbocycles. The fourth-order valence-corrected chi connectivity index (χ4v) is 5.52. The summed E-state index contributed by atoms with van der Waals surface area (Å²) in [4.78, 5) is 4.95. The fourth-order valence-electron chi connectivity index (χ4n) is 5.52. The molecule has 0 spiro atoms. The third kappa shape index (κ3) is 4.94. The molecule has 0 radical (unpaired) electrons. The summed E-state index contributed by atoms with van der Waals surface area (Å²) >= 11 is 0. The highest BCUT2D eigenvalue weighted by Crippen LogP contribution is 2.37. The molecule has 0 aliphatic heterocycles.